The van der Waals surface area contributed by atoms with Crippen LogP contribution in [0.1, 0.15) is 11.6 Å². The summed E-state index contributed by atoms with van der Waals surface area (Å²) in [5, 5.41) is 0. The Morgan fingerprint density at radius 3 is 2.67 bits per heavy atom. The number of rotatable bonds is 0. The van der Waals surface area contributed by atoms with E-state index in [1.807, 2.05) is 0 Å². The van der Waals surface area contributed by atoms with E-state index in [9.17, 15) is 8.42 Å². The van der Waals surface area contributed by atoms with Gasteiger partial charge in [0.15, 0.2) is 9.84 Å². The first kappa shape index (κ1) is 7.76. The van der Waals surface area contributed by atoms with Crippen molar-refractivity contribution in [3.05, 3.63) is 29.8 Å². The Bertz CT molecular complexity index is 411. The number of hydrogen-bond acceptors (Lipinski definition) is 3. The van der Waals surface area contributed by atoms with Crippen molar-refractivity contribution in [2.75, 3.05) is 5.75 Å². The maximum atomic E-state index is 11.4. The van der Waals surface area contributed by atoms with Gasteiger partial charge in [-0.05, 0) is 11.6 Å². The minimum absolute atomic E-state index is 0.0480. The van der Waals surface area contributed by atoms with Crippen molar-refractivity contribution in [3.8, 4) is 0 Å². The van der Waals surface area contributed by atoms with Gasteiger partial charge in [-0.25, -0.2) is 8.42 Å². The fourth-order valence-electron chi connectivity index (χ4n) is 1.49. The monoisotopic (exact) mass is 183 g/mol. The van der Waals surface area contributed by atoms with Crippen LogP contribution in [0.4, 0.5) is 0 Å². The third-order valence-electron chi connectivity index (χ3n) is 2.05. The molecule has 2 N–H and O–H groups in total. The van der Waals surface area contributed by atoms with Crippen LogP contribution < -0.4 is 5.73 Å². The summed E-state index contributed by atoms with van der Waals surface area (Å²) in [5.41, 5.74) is 6.39. The highest BCUT2D eigenvalue weighted by Gasteiger charge is 2.31. The molecule has 2 rings (SSSR count). The Hall–Kier alpha value is -0.870. The number of sulfone groups is 1. The first-order chi connectivity index (χ1) is 5.61. The molecule has 1 heterocycles. The van der Waals surface area contributed by atoms with Crippen molar-refractivity contribution in [3.63, 3.8) is 0 Å². The van der Waals surface area contributed by atoms with Crippen molar-refractivity contribution in [1.82, 2.24) is 0 Å². The van der Waals surface area contributed by atoms with Gasteiger partial charge in [-0.15, -0.1) is 0 Å². The molecule has 1 atom stereocenters. The average molecular weight is 183 g/mol. The molecule has 1 aromatic carbocycles. The summed E-state index contributed by atoms with van der Waals surface area (Å²) in [6.07, 6.45) is 0. The van der Waals surface area contributed by atoms with Gasteiger partial charge < -0.3 is 5.73 Å². The molecular formula is C8H9NO2S. The molecule has 64 valence electrons. The molecule has 0 aliphatic carbocycles. The van der Waals surface area contributed by atoms with Gasteiger partial charge in [0.2, 0.25) is 0 Å². The van der Waals surface area contributed by atoms with E-state index in [0.717, 1.165) is 5.56 Å². The molecule has 4 heteroatoms. The lowest BCUT2D eigenvalue weighted by molar-refractivity contribution is 0.598. The molecule has 1 aliphatic rings. The van der Waals surface area contributed by atoms with E-state index < -0.39 is 9.84 Å². The lowest BCUT2D eigenvalue weighted by atomic mass is 10.1. The van der Waals surface area contributed by atoms with Crippen molar-refractivity contribution < 1.29 is 8.42 Å². The normalized spacial score (nSPS) is 25.2. The van der Waals surface area contributed by atoms with E-state index in [1.54, 1.807) is 24.3 Å². The van der Waals surface area contributed by atoms with E-state index in [-0.39, 0.29) is 11.8 Å². The second kappa shape index (κ2) is 2.31. The van der Waals surface area contributed by atoms with Crippen molar-refractivity contribution >= 4 is 9.84 Å². The fourth-order valence-corrected chi connectivity index (χ4v) is 3.18. The SMILES string of the molecule is NC1CS(=O)(=O)c2ccccc21. The Morgan fingerprint density at radius 1 is 1.33 bits per heavy atom. The third kappa shape index (κ3) is 0.956. The van der Waals surface area contributed by atoms with Crippen LogP contribution in [-0.4, -0.2) is 14.2 Å². The molecule has 0 fully saturated rings. The summed E-state index contributed by atoms with van der Waals surface area (Å²) < 4.78 is 22.8. The van der Waals surface area contributed by atoms with Gasteiger partial charge >= 0.3 is 0 Å². The number of nitrogens with two attached hydrogens (primary N) is 1. The second-order valence-electron chi connectivity index (χ2n) is 2.93. The molecular weight excluding hydrogens is 174 g/mol. The van der Waals surface area contributed by atoms with Gasteiger partial charge in [-0.2, -0.15) is 0 Å². The molecule has 3 nitrogen and oxygen atoms in total. The van der Waals surface area contributed by atoms with Crippen molar-refractivity contribution in [2.24, 2.45) is 5.73 Å². The average Bonchev–Trinajstić information content (AvgIpc) is 2.25. The fraction of sp³-hybridized carbons (Fsp3) is 0.250. The van der Waals surface area contributed by atoms with Crippen LogP contribution in [0.2, 0.25) is 0 Å². The second-order valence-corrected chi connectivity index (χ2v) is 4.93. The molecule has 0 saturated heterocycles. The lowest BCUT2D eigenvalue weighted by Gasteiger charge is -1.99. The van der Waals surface area contributed by atoms with E-state index in [0.29, 0.717) is 4.90 Å². The highest BCUT2D eigenvalue weighted by Crippen LogP contribution is 2.30. The summed E-state index contributed by atoms with van der Waals surface area (Å²) in [4.78, 5) is 0.400. The zero-order valence-electron chi connectivity index (χ0n) is 6.40. The largest absolute Gasteiger partial charge is 0.323 e. The highest BCUT2D eigenvalue weighted by molar-refractivity contribution is 7.91. The van der Waals surface area contributed by atoms with Crippen molar-refractivity contribution in [1.29, 1.82) is 0 Å². The molecule has 0 radical (unpaired) electrons. The van der Waals surface area contributed by atoms with E-state index in [1.165, 1.54) is 0 Å². The smallest absolute Gasteiger partial charge is 0.180 e. The molecule has 0 spiro atoms. The van der Waals surface area contributed by atoms with E-state index >= 15 is 0 Å². The predicted molar refractivity (Wildman–Crippen MR) is 45.4 cm³/mol. The molecule has 0 saturated carbocycles. The maximum absolute atomic E-state index is 11.4. The molecule has 1 unspecified atom stereocenters. The summed E-state index contributed by atoms with van der Waals surface area (Å²) >= 11 is 0. The van der Waals surface area contributed by atoms with Crippen LogP contribution in [-0.2, 0) is 9.84 Å². The summed E-state index contributed by atoms with van der Waals surface area (Å²) in [6.45, 7) is 0. The molecule has 0 bridgehead atoms. The van der Waals surface area contributed by atoms with Crippen LogP contribution in [0.5, 0.6) is 0 Å². The van der Waals surface area contributed by atoms with Gasteiger partial charge in [-0.3, -0.25) is 0 Å². The Labute approximate surface area is 71.1 Å². The first-order valence-electron chi connectivity index (χ1n) is 3.68. The van der Waals surface area contributed by atoms with E-state index in [4.69, 9.17) is 5.73 Å². The molecule has 1 aromatic rings. The highest BCUT2D eigenvalue weighted by atomic mass is 32.2. The van der Waals surface area contributed by atoms with Crippen LogP contribution in [0.15, 0.2) is 29.2 Å². The minimum atomic E-state index is -3.08. The third-order valence-corrected chi connectivity index (χ3v) is 3.89. The zero-order chi connectivity index (χ0) is 8.77. The summed E-state index contributed by atoms with van der Waals surface area (Å²) in [7, 11) is -3.08. The molecule has 0 amide bonds. The van der Waals surface area contributed by atoms with Crippen LogP contribution in [0.25, 0.3) is 0 Å². The standard InChI is InChI=1S/C8H9NO2S/c9-7-5-12(10,11)8-4-2-1-3-6(7)8/h1-4,7H,5,9H2. The van der Waals surface area contributed by atoms with Gasteiger partial charge in [0.1, 0.15) is 0 Å². The van der Waals surface area contributed by atoms with Crippen LogP contribution in [0, 0.1) is 0 Å². The van der Waals surface area contributed by atoms with Gasteiger partial charge in [0.25, 0.3) is 0 Å². The predicted octanol–water partition coefficient (Wildman–Crippen LogP) is 0.474. The minimum Gasteiger partial charge on any atom is -0.323 e. The van der Waals surface area contributed by atoms with Gasteiger partial charge in [0.05, 0.1) is 10.6 Å². The van der Waals surface area contributed by atoms with Gasteiger partial charge in [-0.1, -0.05) is 18.2 Å². The lowest BCUT2D eigenvalue weighted by Crippen LogP contribution is -2.11. The van der Waals surface area contributed by atoms with Crippen LogP contribution >= 0.6 is 0 Å². The zero-order valence-corrected chi connectivity index (χ0v) is 7.21. The topological polar surface area (TPSA) is 60.2 Å². The Morgan fingerprint density at radius 2 is 2.00 bits per heavy atom. The molecule has 12 heavy (non-hydrogen) atoms. The number of fused-ring (bicyclic) bond motifs is 1. The number of hydrogen-bond donors (Lipinski definition) is 1. The van der Waals surface area contributed by atoms with Crippen molar-refractivity contribution in [2.45, 2.75) is 10.9 Å². The Kier molecular flexibility index (Phi) is 1.49. The van der Waals surface area contributed by atoms with Crippen LogP contribution in [0.3, 0.4) is 0 Å². The van der Waals surface area contributed by atoms with E-state index in [2.05, 4.69) is 0 Å². The molecule has 1 aliphatic heterocycles. The maximum Gasteiger partial charge on any atom is 0.180 e. The molecule has 0 aromatic heterocycles. The van der Waals surface area contributed by atoms with Gasteiger partial charge in [0, 0.05) is 6.04 Å². The first-order valence-corrected chi connectivity index (χ1v) is 5.34. The number of benzene rings is 1. The quantitative estimate of drug-likeness (QED) is 0.636. The summed E-state index contributed by atoms with van der Waals surface area (Å²) in [6, 6.07) is 6.56. The summed E-state index contributed by atoms with van der Waals surface area (Å²) in [5.74, 6) is 0.0480. The Balaban J connectivity index is 2.74.